The van der Waals surface area contributed by atoms with Crippen molar-refractivity contribution in [2.75, 3.05) is 57.4 Å². The van der Waals surface area contributed by atoms with Crippen molar-refractivity contribution in [1.82, 2.24) is 24.4 Å². The topological polar surface area (TPSA) is 104 Å². The average Bonchev–Trinajstić information content (AvgIpc) is 3.53. The molecule has 4 aliphatic heterocycles. The summed E-state index contributed by atoms with van der Waals surface area (Å²) in [5, 5.41) is 14.1. The number of hydrogen-bond donors (Lipinski definition) is 1. The van der Waals surface area contributed by atoms with Gasteiger partial charge in [-0.1, -0.05) is 37.3 Å². The maximum atomic E-state index is 13.6. The van der Waals surface area contributed by atoms with Gasteiger partial charge >= 0.3 is 5.97 Å². The molecule has 3 unspecified atom stereocenters. The van der Waals surface area contributed by atoms with Crippen LogP contribution in [-0.2, 0) is 14.9 Å². The molecule has 1 aromatic carbocycles. The molecular weight excluding hydrogens is 544 g/mol. The Bertz CT molecular complexity index is 1570. The van der Waals surface area contributed by atoms with Gasteiger partial charge in [0.1, 0.15) is 0 Å². The maximum absolute atomic E-state index is 13.6. The van der Waals surface area contributed by atoms with E-state index in [0.29, 0.717) is 44.2 Å². The number of hydrogen-bond acceptors (Lipinski definition) is 7. The monoisotopic (exact) mass is 584 g/mol. The highest BCUT2D eigenvalue weighted by Crippen LogP contribution is 2.54. The van der Waals surface area contributed by atoms with E-state index in [1.54, 1.807) is 4.52 Å². The number of carboxylic acid groups (broad SMARTS) is 1. The van der Waals surface area contributed by atoms with Crippen LogP contribution in [0.25, 0.3) is 5.65 Å². The fraction of sp³-hybridized carbons (Fsp3) is 0.576. The van der Waals surface area contributed by atoms with Crippen molar-refractivity contribution in [3.63, 3.8) is 0 Å². The van der Waals surface area contributed by atoms with Crippen molar-refractivity contribution in [3.05, 3.63) is 59.5 Å². The van der Waals surface area contributed by atoms with E-state index in [1.807, 2.05) is 18.0 Å². The zero-order valence-corrected chi connectivity index (χ0v) is 25.0. The second kappa shape index (κ2) is 9.75. The molecule has 5 fully saturated rings. The summed E-state index contributed by atoms with van der Waals surface area (Å²) in [5.74, 6) is -0.0734. The molecule has 10 heteroatoms. The van der Waals surface area contributed by atoms with Crippen molar-refractivity contribution >= 4 is 23.2 Å². The number of likely N-dealkylation sites (tertiary alicyclic amines) is 2. The van der Waals surface area contributed by atoms with Gasteiger partial charge in [0, 0.05) is 56.1 Å². The number of pyridine rings is 1. The lowest BCUT2D eigenvalue weighted by Crippen LogP contribution is -2.53. The van der Waals surface area contributed by atoms with Crippen LogP contribution in [0.1, 0.15) is 47.9 Å². The fourth-order valence-corrected chi connectivity index (χ4v) is 8.75. The summed E-state index contributed by atoms with van der Waals surface area (Å²) >= 11 is 0. The number of anilines is 1. The van der Waals surface area contributed by atoms with Gasteiger partial charge in [0.05, 0.1) is 31.0 Å². The van der Waals surface area contributed by atoms with E-state index in [-0.39, 0.29) is 28.5 Å². The Balaban J connectivity index is 0.944. The number of ether oxygens (including phenoxy) is 1. The van der Waals surface area contributed by atoms with Gasteiger partial charge in [-0.2, -0.15) is 0 Å². The minimum atomic E-state index is -0.645. The molecule has 3 aromatic rings. The first kappa shape index (κ1) is 27.1. The van der Waals surface area contributed by atoms with Crippen LogP contribution in [0, 0.1) is 30.1 Å². The van der Waals surface area contributed by atoms with Crippen molar-refractivity contribution < 1.29 is 19.4 Å². The Morgan fingerprint density at radius 3 is 2.51 bits per heavy atom. The van der Waals surface area contributed by atoms with Gasteiger partial charge in [-0.3, -0.25) is 14.5 Å². The molecule has 5 aliphatic rings. The number of aromatic nitrogens is 3. The summed E-state index contributed by atoms with van der Waals surface area (Å²) in [6.07, 6.45) is 4.86. The van der Waals surface area contributed by atoms with E-state index < -0.39 is 5.97 Å². The molecule has 43 heavy (non-hydrogen) atoms. The van der Waals surface area contributed by atoms with Crippen molar-refractivity contribution in [3.8, 4) is 0 Å². The van der Waals surface area contributed by atoms with E-state index in [1.165, 1.54) is 5.56 Å². The molecule has 226 valence electrons. The lowest BCUT2D eigenvalue weighted by Gasteiger charge is -2.44. The van der Waals surface area contributed by atoms with E-state index in [9.17, 15) is 14.7 Å². The fourth-order valence-electron chi connectivity index (χ4n) is 8.75. The first-order chi connectivity index (χ1) is 20.7. The number of rotatable bonds is 5. The summed E-state index contributed by atoms with van der Waals surface area (Å²) in [6, 6.07) is 13.2. The molecule has 4 atom stereocenters. The minimum absolute atomic E-state index is 0.0219. The van der Waals surface area contributed by atoms with Crippen LogP contribution in [0.15, 0.2) is 42.6 Å². The number of aryl methyl sites for hydroxylation is 1. The van der Waals surface area contributed by atoms with Crippen LogP contribution in [0.5, 0.6) is 0 Å². The van der Waals surface area contributed by atoms with E-state index in [4.69, 9.17) is 9.72 Å². The quantitative estimate of drug-likeness (QED) is 0.488. The second-order valence-corrected chi connectivity index (χ2v) is 14.0. The highest BCUT2D eigenvalue weighted by molar-refractivity contribution is 5.91. The number of carbonyl (C=O) groups is 2. The molecule has 1 amide bonds. The zero-order chi connectivity index (χ0) is 29.5. The van der Waals surface area contributed by atoms with Crippen molar-refractivity contribution in [2.24, 2.45) is 23.2 Å². The number of fused-ring (bicyclic) bond motifs is 2. The minimum Gasteiger partial charge on any atom is -0.481 e. The Kier molecular flexibility index (Phi) is 6.14. The van der Waals surface area contributed by atoms with Gasteiger partial charge in [0.2, 0.25) is 5.82 Å². The van der Waals surface area contributed by atoms with Crippen LogP contribution < -0.4 is 4.90 Å². The molecule has 8 rings (SSSR count). The SMILES string of the molecule is Cc1cc(N2CC[C@](C)(c3ccccc3)C2)cn2nc(C(=O)N3CCC4(CC3)COCC4N3CC4C(C3)C4C(=O)O)nc12. The third-order valence-corrected chi connectivity index (χ3v) is 11.5. The predicted octanol–water partition coefficient (Wildman–Crippen LogP) is 3.09. The largest absolute Gasteiger partial charge is 0.481 e. The molecule has 10 nitrogen and oxygen atoms in total. The first-order valence-electron chi connectivity index (χ1n) is 15.8. The summed E-state index contributed by atoms with van der Waals surface area (Å²) in [5.41, 5.74) is 4.32. The molecule has 2 aromatic heterocycles. The van der Waals surface area contributed by atoms with Gasteiger partial charge in [0.15, 0.2) is 5.65 Å². The molecule has 6 heterocycles. The van der Waals surface area contributed by atoms with Gasteiger partial charge in [-0.15, -0.1) is 5.10 Å². The normalized spacial score (nSPS) is 31.7. The molecule has 1 N–H and O–H groups in total. The molecular formula is C33H40N6O4. The Morgan fingerprint density at radius 1 is 1.05 bits per heavy atom. The number of piperidine rings is 2. The van der Waals surface area contributed by atoms with E-state index in [2.05, 4.69) is 58.2 Å². The van der Waals surface area contributed by atoms with Crippen LogP contribution in [-0.4, -0.2) is 99.9 Å². The average molecular weight is 585 g/mol. The van der Waals surface area contributed by atoms with Gasteiger partial charge in [-0.25, -0.2) is 9.50 Å². The summed E-state index contributed by atoms with van der Waals surface area (Å²) < 4.78 is 7.80. The third-order valence-electron chi connectivity index (χ3n) is 11.5. The summed E-state index contributed by atoms with van der Waals surface area (Å²) in [6.45, 7) is 10.7. The number of aliphatic carboxylic acids is 1. The first-order valence-corrected chi connectivity index (χ1v) is 15.8. The molecule has 0 bridgehead atoms. The number of carboxylic acids is 1. The Morgan fingerprint density at radius 2 is 1.79 bits per heavy atom. The van der Waals surface area contributed by atoms with Crippen LogP contribution in [0.2, 0.25) is 0 Å². The molecule has 1 saturated carbocycles. The molecule has 0 radical (unpaired) electrons. The zero-order valence-electron chi connectivity index (χ0n) is 25.0. The Labute approximate surface area is 251 Å². The van der Waals surface area contributed by atoms with Crippen LogP contribution in [0.4, 0.5) is 5.69 Å². The standard InChI is InChI=1S/C33H40N6O4/c1-21-14-23(37-11-8-32(2,19-37)22-6-4-3-5-7-22)15-39-29(21)34-28(35-39)30(40)36-12-9-33(10-13-36)20-43-18-26(33)38-16-24-25(17-38)27(24)31(41)42/h3-7,14-15,24-27H,8-13,16-20H2,1-2H3,(H,41,42)/t24?,25?,26?,27?,32-/m0/s1. The number of nitrogens with zero attached hydrogens (tertiary/aromatic N) is 6. The molecule has 4 saturated heterocycles. The Hall–Kier alpha value is -3.50. The summed E-state index contributed by atoms with van der Waals surface area (Å²) in [4.78, 5) is 36.6. The van der Waals surface area contributed by atoms with E-state index >= 15 is 0 Å². The second-order valence-electron chi connectivity index (χ2n) is 14.0. The van der Waals surface area contributed by atoms with Gasteiger partial charge in [0.25, 0.3) is 5.91 Å². The molecule has 1 spiro atoms. The number of amides is 1. The van der Waals surface area contributed by atoms with E-state index in [0.717, 1.165) is 62.3 Å². The third kappa shape index (κ3) is 4.36. The smallest absolute Gasteiger partial charge is 0.307 e. The lowest BCUT2D eigenvalue weighted by atomic mass is 9.74. The van der Waals surface area contributed by atoms with Crippen molar-refractivity contribution in [1.29, 1.82) is 0 Å². The lowest BCUT2D eigenvalue weighted by molar-refractivity contribution is -0.139. The summed E-state index contributed by atoms with van der Waals surface area (Å²) in [7, 11) is 0. The number of benzene rings is 1. The number of carbonyl (C=O) groups excluding carboxylic acids is 1. The highest BCUT2D eigenvalue weighted by atomic mass is 16.5. The predicted molar refractivity (Wildman–Crippen MR) is 160 cm³/mol. The van der Waals surface area contributed by atoms with Crippen LogP contribution in [0.3, 0.4) is 0 Å². The highest BCUT2D eigenvalue weighted by Gasteiger charge is 2.62. The molecule has 1 aliphatic carbocycles. The van der Waals surface area contributed by atoms with Crippen LogP contribution >= 0.6 is 0 Å². The van der Waals surface area contributed by atoms with Gasteiger partial charge in [-0.05, 0) is 55.2 Å². The van der Waals surface area contributed by atoms with Crippen molar-refractivity contribution in [2.45, 2.75) is 44.6 Å². The maximum Gasteiger partial charge on any atom is 0.307 e. The van der Waals surface area contributed by atoms with Gasteiger partial charge < -0.3 is 19.6 Å².